The standard InChI is InChI=1S/C18H20ClNO4/c1-11(18(23)24-10-12-6-2-5-9-15(12)19)20-16(21)13-7-3-4-8-14(13)17(20)22/h2,5-6,9,11,13-14H,3-4,7-8,10H2,1H3/t11-,13-,14+/m0/s1. The van der Waals surface area contributed by atoms with Crippen LogP contribution in [0, 0.1) is 11.8 Å². The molecule has 1 saturated heterocycles. The fourth-order valence-electron chi connectivity index (χ4n) is 3.56. The minimum absolute atomic E-state index is 0.0198. The second-order valence-corrected chi connectivity index (χ2v) is 6.83. The molecule has 1 aromatic carbocycles. The molecule has 1 saturated carbocycles. The van der Waals surface area contributed by atoms with E-state index in [1.54, 1.807) is 31.2 Å². The molecule has 1 aliphatic carbocycles. The summed E-state index contributed by atoms with van der Waals surface area (Å²) in [7, 11) is 0. The molecular formula is C18H20ClNO4. The molecule has 0 aromatic heterocycles. The summed E-state index contributed by atoms with van der Waals surface area (Å²) >= 11 is 6.03. The van der Waals surface area contributed by atoms with Crippen LogP contribution in [0.2, 0.25) is 5.02 Å². The first-order valence-electron chi connectivity index (χ1n) is 8.27. The van der Waals surface area contributed by atoms with Gasteiger partial charge in [0, 0.05) is 10.6 Å². The summed E-state index contributed by atoms with van der Waals surface area (Å²) in [5, 5.41) is 0.511. The number of carbonyl (C=O) groups excluding carboxylic acids is 3. The summed E-state index contributed by atoms with van der Waals surface area (Å²) in [6, 6.07) is 6.17. The Morgan fingerprint density at radius 1 is 1.21 bits per heavy atom. The third-order valence-electron chi connectivity index (χ3n) is 4.93. The summed E-state index contributed by atoms with van der Waals surface area (Å²) in [4.78, 5) is 38.4. The molecule has 3 atom stereocenters. The van der Waals surface area contributed by atoms with E-state index in [1.807, 2.05) is 0 Å². The van der Waals surface area contributed by atoms with Crippen molar-refractivity contribution in [2.45, 2.75) is 45.3 Å². The lowest BCUT2D eigenvalue weighted by atomic mass is 9.81. The van der Waals surface area contributed by atoms with Gasteiger partial charge in [0.1, 0.15) is 12.6 Å². The van der Waals surface area contributed by atoms with Crippen LogP contribution in [0.4, 0.5) is 0 Å². The topological polar surface area (TPSA) is 63.7 Å². The fourth-order valence-corrected chi connectivity index (χ4v) is 3.75. The molecule has 6 heteroatoms. The van der Waals surface area contributed by atoms with Crippen LogP contribution in [0.1, 0.15) is 38.2 Å². The Kier molecular flexibility index (Phi) is 4.90. The normalized spacial score (nSPS) is 24.7. The maximum Gasteiger partial charge on any atom is 0.329 e. The zero-order valence-corrected chi connectivity index (χ0v) is 14.3. The van der Waals surface area contributed by atoms with E-state index < -0.39 is 12.0 Å². The zero-order chi connectivity index (χ0) is 17.3. The summed E-state index contributed by atoms with van der Waals surface area (Å²) in [6.07, 6.45) is 3.37. The summed E-state index contributed by atoms with van der Waals surface area (Å²) in [6.45, 7) is 1.56. The van der Waals surface area contributed by atoms with Crippen molar-refractivity contribution in [3.8, 4) is 0 Å². The first kappa shape index (κ1) is 17.0. The largest absolute Gasteiger partial charge is 0.459 e. The highest BCUT2D eigenvalue weighted by Crippen LogP contribution is 2.38. The van der Waals surface area contributed by atoms with Crippen molar-refractivity contribution >= 4 is 29.4 Å². The molecule has 5 nitrogen and oxygen atoms in total. The molecule has 0 N–H and O–H groups in total. The van der Waals surface area contributed by atoms with Crippen molar-refractivity contribution in [1.82, 2.24) is 4.90 Å². The minimum Gasteiger partial charge on any atom is -0.459 e. The quantitative estimate of drug-likeness (QED) is 0.619. The van der Waals surface area contributed by atoms with Crippen LogP contribution < -0.4 is 0 Å². The molecule has 128 valence electrons. The molecule has 1 aliphatic heterocycles. The van der Waals surface area contributed by atoms with Gasteiger partial charge in [-0.05, 0) is 25.8 Å². The van der Waals surface area contributed by atoms with Crippen molar-refractivity contribution in [2.24, 2.45) is 11.8 Å². The van der Waals surface area contributed by atoms with Gasteiger partial charge in [-0.3, -0.25) is 14.5 Å². The molecule has 24 heavy (non-hydrogen) atoms. The minimum atomic E-state index is -0.905. The number of carbonyl (C=O) groups is 3. The van der Waals surface area contributed by atoms with Crippen LogP contribution in [0.3, 0.4) is 0 Å². The molecule has 2 fully saturated rings. The Balaban J connectivity index is 1.66. The number of hydrogen-bond acceptors (Lipinski definition) is 4. The predicted octanol–water partition coefficient (Wildman–Crippen LogP) is 2.95. The molecule has 3 rings (SSSR count). The molecule has 1 aromatic rings. The van der Waals surface area contributed by atoms with Gasteiger partial charge in [-0.2, -0.15) is 0 Å². The van der Waals surface area contributed by atoms with E-state index in [0.717, 1.165) is 30.6 Å². The van der Waals surface area contributed by atoms with E-state index in [9.17, 15) is 14.4 Å². The van der Waals surface area contributed by atoms with Crippen molar-refractivity contribution in [1.29, 1.82) is 0 Å². The highest BCUT2D eigenvalue weighted by Gasteiger charge is 2.51. The molecule has 2 aliphatic rings. The van der Waals surface area contributed by atoms with E-state index in [0.29, 0.717) is 10.6 Å². The number of nitrogens with zero attached hydrogens (tertiary/aromatic N) is 1. The van der Waals surface area contributed by atoms with E-state index in [2.05, 4.69) is 0 Å². The number of hydrogen-bond donors (Lipinski definition) is 0. The number of ether oxygens (including phenoxy) is 1. The molecule has 1 heterocycles. The first-order valence-corrected chi connectivity index (χ1v) is 8.65. The van der Waals surface area contributed by atoms with E-state index in [4.69, 9.17) is 16.3 Å². The van der Waals surface area contributed by atoms with Gasteiger partial charge in [0.05, 0.1) is 11.8 Å². The molecular weight excluding hydrogens is 330 g/mol. The average molecular weight is 350 g/mol. The Hall–Kier alpha value is -1.88. The van der Waals surface area contributed by atoms with Crippen LogP contribution in [0.5, 0.6) is 0 Å². The van der Waals surface area contributed by atoms with Gasteiger partial charge in [-0.15, -0.1) is 0 Å². The second-order valence-electron chi connectivity index (χ2n) is 6.42. The highest BCUT2D eigenvalue weighted by atomic mass is 35.5. The van der Waals surface area contributed by atoms with E-state index >= 15 is 0 Å². The number of rotatable bonds is 4. The number of imide groups is 1. The van der Waals surface area contributed by atoms with Crippen LogP contribution in [0.25, 0.3) is 0 Å². The monoisotopic (exact) mass is 349 g/mol. The van der Waals surface area contributed by atoms with E-state index in [-0.39, 0.29) is 30.3 Å². The molecule has 0 unspecified atom stereocenters. The molecule has 0 bridgehead atoms. The smallest absolute Gasteiger partial charge is 0.329 e. The Morgan fingerprint density at radius 2 is 1.79 bits per heavy atom. The van der Waals surface area contributed by atoms with Gasteiger partial charge >= 0.3 is 5.97 Å². The highest BCUT2D eigenvalue weighted by molar-refractivity contribution is 6.31. The van der Waals surface area contributed by atoms with Gasteiger partial charge < -0.3 is 4.74 Å². The second kappa shape index (κ2) is 6.93. The molecule has 2 amide bonds. The number of halogens is 1. The third kappa shape index (κ3) is 3.05. The van der Waals surface area contributed by atoms with Crippen molar-refractivity contribution in [2.75, 3.05) is 0 Å². The maximum absolute atomic E-state index is 12.5. The lowest BCUT2D eigenvalue weighted by Crippen LogP contribution is -2.44. The van der Waals surface area contributed by atoms with Gasteiger partial charge in [0.15, 0.2) is 0 Å². The van der Waals surface area contributed by atoms with Crippen LogP contribution in [-0.2, 0) is 25.7 Å². The van der Waals surface area contributed by atoms with Gasteiger partial charge in [-0.25, -0.2) is 4.79 Å². The summed E-state index contributed by atoms with van der Waals surface area (Å²) in [5.74, 6) is -1.57. The molecule has 0 radical (unpaired) electrons. The van der Waals surface area contributed by atoms with Crippen molar-refractivity contribution in [3.05, 3.63) is 34.9 Å². The number of amides is 2. The lowest BCUT2D eigenvalue weighted by Gasteiger charge is -2.21. The number of benzene rings is 1. The van der Waals surface area contributed by atoms with Crippen LogP contribution in [0.15, 0.2) is 24.3 Å². The predicted molar refractivity (Wildman–Crippen MR) is 88.0 cm³/mol. The van der Waals surface area contributed by atoms with Crippen molar-refractivity contribution < 1.29 is 19.1 Å². The summed E-state index contributed by atoms with van der Waals surface area (Å²) in [5.41, 5.74) is 0.687. The van der Waals surface area contributed by atoms with Gasteiger partial charge in [0.25, 0.3) is 0 Å². The van der Waals surface area contributed by atoms with E-state index in [1.165, 1.54) is 0 Å². The maximum atomic E-state index is 12.5. The number of esters is 1. The first-order chi connectivity index (χ1) is 11.5. The number of fused-ring (bicyclic) bond motifs is 1. The zero-order valence-electron chi connectivity index (χ0n) is 13.5. The Morgan fingerprint density at radius 3 is 2.38 bits per heavy atom. The van der Waals surface area contributed by atoms with Crippen LogP contribution >= 0.6 is 11.6 Å². The Labute approximate surface area is 145 Å². The van der Waals surface area contributed by atoms with Crippen molar-refractivity contribution in [3.63, 3.8) is 0 Å². The van der Waals surface area contributed by atoms with Gasteiger partial charge in [0.2, 0.25) is 11.8 Å². The lowest BCUT2D eigenvalue weighted by molar-refractivity contribution is -0.159. The Bertz CT molecular complexity index is 651. The third-order valence-corrected chi connectivity index (χ3v) is 5.30. The summed E-state index contributed by atoms with van der Waals surface area (Å²) < 4.78 is 5.26. The van der Waals surface area contributed by atoms with Crippen LogP contribution in [-0.4, -0.2) is 28.7 Å². The average Bonchev–Trinajstić information content (AvgIpc) is 2.85. The van der Waals surface area contributed by atoms with Gasteiger partial charge in [-0.1, -0.05) is 42.6 Å². The number of likely N-dealkylation sites (tertiary alicyclic amines) is 1. The molecule has 0 spiro atoms. The fraction of sp³-hybridized carbons (Fsp3) is 0.500. The SMILES string of the molecule is C[C@@H](C(=O)OCc1ccccc1Cl)N1C(=O)[C@H]2CCCC[C@H]2C1=O.